The highest BCUT2D eigenvalue weighted by Crippen LogP contribution is 2.40. The fraction of sp³-hybridized carbons (Fsp3) is 0. The van der Waals surface area contributed by atoms with Crippen LogP contribution >= 0.6 is 31.9 Å². The number of para-hydroxylation sites is 1. The molecule has 2 heterocycles. The lowest BCUT2D eigenvalue weighted by molar-refractivity contribution is 0.442. The standard InChI is InChI=1S/C21H13Br2N5O2/c22-13-6-10(19(29)17(23)20(13)30)8-24-11-4-5-14-16(7-11)28-21(27-14)12-2-1-3-15-18(12)26-9-25-15/h1-9,29-30H,(H,25,26)(H,27,28). The number of nitrogens with zero attached hydrogens (tertiary/aromatic N) is 3. The summed E-state index contributed by atoms with van der Waals surface area (Å²) in [6, 6.07) is 13.1. The predicted molar refractivity (Wildman–Crippen MR) is 124 cm³/mol. The second kappa shape index (κ2) is 7.26. The SMILES string of the molecule is Oc1c(Br)cc(C=Nc2ccc3nc(-c4cccc5[nH]cnc45)[nH]c3c2)c(O)c1Br. The van der Waals surface area contributed by atoms with E-state index in [1.165, 1.54) is 6.21 Å². The number of phenolic OH excluding ortho intramolecular Hbond substituents is 2. The number of nitrogens with one attached hydrogen (secondary N) is 2. The molecular weight excluding hydrogens is 514 g/mol. The molecule has 5 aromatic rings. The summed E-state index contributed by atoms with van der Waals surface area (Å²) in [7, 11) is 0. The number of aliphatic imine (C=N–C) groups is 1. The Labute approximate surface area is 186 Å². The Morgan fingerprint density at radius 3 is 2.73 bits per heavy atom. The van der Waals surface area contributed by atoms with Crippen molar-refractivity contribution in [3.05, 3.63) is 63.3 Å². The molecule has 2 aromatic heterocycles. The molecule has 0 unspecified atom stereocenters. The number of fused-ring (bicyclic) bond motifs is 2. The number of halogens is 2. The van der Waals surface area contributed by atoms with Gasteiger partial charge in [-0.25, -0.2) is 9.97 Å². The van der Waals surface area contributed by atoms with E-state index in [0.29, 0.717) is 15.7 Å². The number of imidazole rings is 2. The van der Waals surface area contributed by atoms with Gasteiger partial charge in [0.05, 0.1) is 38.6 Å². The second-order valence-electron chi connectivity index (χ2n) is 6.61. The van der Waals surface area contributed by atoms with Gasteiger partial charge in [-0.2, -0.15) is 0 Å². The van der Waals surface area contributed by atoms with Gasteiger partial charge in [-0.05, 0) is 68.3 Å². The lowest BCUT2D eigenvalue weighted by Crippen LogP contribution is -1.85. The molecule has 0 amide bonds. The van der Waals surface area contributed by atoms with Crippen molar-refractivity contribution in [3.8, 4) is 22.9 Å². The average Bonchev–Trinajstić information content (AvgIpc) is 3.40. The van der Waals surface area contributed by atoms with E-state index in [9.17, 15) is 10.2 Å². The van der Waals surface area contributed by atoms with Gasteiger partial charge in [0.15, 0.2) is 0 Å². The van der Waals surface area contributed by atoms with Crippen LogP contribution in [0.25, 0.3) is 33.5 Å². The summed E-state index contributed by atoms with van der Waals surface area (Å²) in [5.74, 6) is 0.576. The Kier molecular flexibility index (Phi) is 4.56. The zero-order valence-electron chi connectivity index (χ0n) is 15.2. The molecule has 0 atom stereocenters. The smallest absolute Gasteiger partial charge is 0.147 e. The first-order valence-electron chi connectivity index (χ1n) is 8.87. The van der Waals surface area contributed by atoms with Gasteiger partial charge in [-0.1, -0.05) is 6.07 Å². The number of aromatic amines is 2. The molecule has 148 valence electrons. The molecular formula is C21H13Br2N5O2. The summed E-state index contributed by atoms with van der Waals surface area (Å²) >= 11 is 6.42. The largest absolute Gasteiger partial charge is 0.506 e. The predicted octanol–water partition coefficient (Wildman–Crippen LogP) is 5.79. The number of phenols is 2. The van der Waals surface area contributed by atoms with E-state index in [-0.39, 0.29) is 16.0 Å². The molecule has 9 heteroatoms. The molecule has 30 heavy (non-hydrogen) atoms. The Morgan fingerprint density at radius 1 is 1.00 bits per heavy atom. The minimum atomic E-state index is -0.0866. The summed E-state index contributed by atoms with van der Waals surface area (Å²) in [5, 5.41) is 20.1. The summed E-state index contributed by atoms with van der Waals surface area (Å²) < 4.78 is 0.661. The molecule has 5 rings (SSSR count). The number of hydrogen-bond donors (Lipinski definition) is 4. The summed E-state index contributed by atoms with van der Waals surface area (Å²) in [6.45, 7) is 0. The fourth-order valence-electron chi connectivity index (χ4n) is 3.22. The third-order valence-corrected chi connectivity index (χ3v) is 6.08. The fourth-order valence-corrected chi connectivity index (χ4v) is 4.37. The Morgan fingerprint density at radius 2 is 1.87 bits per heavy atom. The Balaban J connectivity index is 1.52. The third-order valence-electron chi connectivity index (χ3n) is 4.72. The number of rotatable bonds is 3. The molecule has 3 aromatic carbocycles. The minimum Gasteiger partial charge on any atom is -0.506 e. The summed E-state index contributed by atoms with van der Waals surface area (Å²) in [4.78, 5) is 20.0. The van der Waals surface area contributed by atoms with Crippen LogP contribution in [0.4, 0.5) is 5.69 Å². The van der Waals surface area contributed by atoms with Crippen LogP contribution < -0.4 is 0 Å². The highest BCUT2D eigenvalue weighted by atomic mass is 79.9. The van der Waals surface area contributed by atoms with Gasteiger partial charge in [0.25, 0.3) is 0 Å². The molecule has 0 bridgehead atoms. The topological polar surface area (TPSA) is 110 Å². The first kappa shape index (κ1) is 18.8. The van der Waals surface area contributed by atoms with Crippen LogP contribution in [-0.4, -0.2) is 36.4 Å². The molecule has 0 radical (unpaired) electrons. The van der Waals surface area contributed by atoms with Gasteiger partial charge in [-0.15, -0.1) is 0 Å². The van der Waals surface area contributed by atoms with Crippen LogP contribution in [0.1, 0.15) is 5.56 Å². The number of benzene rings is 3. The molecule has 0 saturated carbocycles. The van der Waals surface area contributed by atoms with Crippen molar-refractivity contribution in [2.75, 3.05) is 0 Å². The van der Waals surface area contributed by atoms with Crippen LogP contribution in [0.3, 0.4) is 0 Å². The van der Waals surface area contributed by atoms with Gasteiger partial charge >= 0.3 is 0 Å². The van der Waals surface area contributed by atoms with E-state index in [4.69, 9.17) is 0 Å². The highest BCUT2D eigenvalue weighted by Gasteiger charge is 2.13. The monoisotopic (exact) mass is 525 g/mol. The maximum Gasteiger partial charge on any atom is 0.147 e. The van der Waals surface area contributed by atoms with Crippen molar-refractivity contribution in [1.29, 1.82) is 0 Å². The van der Waals surface area contributed by atoms with Gasteiger partial charge in [-0.3, -0.25) is 4.99 Å². The molecule has 4 N–H and O–H groups in total. The summed E-state index contributed by atoms with van der Waals surface area (Å²) in [6.07, 6.45) is 3.20. The number of aromatic nitrogens is 4. The number of H-pyrrole nitrogens is 2. The number of hydrogen-bond acceptors (Lipinski definition) is 5. The van der Waals surface area contributed by atoms with Crippen molar-refractivity contribution < 1.29 is 10.2 Å². The number of aromatic hydroxyl groups is 2. The lowest BCUT2D eigenvalue weighted by atomic mass is 10.2. The van der Waals surface area contributed by atoms with Crippen molar-refractivity contribution in [2.45, 2.75) is 0 Å². The molecule has 7 nitrogen and oxygen atoms in total. The zero-order chi connectivity index (χ0) is 20.8. The maximum absolute atomic E-state index is 10.2. The second-order valence-corrected chi connectivity index (χ2v) is 8.26. The molecule has 0 spiro atoms. The molecule has 0 aliphatic carbocycles. The van der Waals surface area contributed by atoms with E-state index < -0.39 is 0 Å². The van der Waals surface area contributed by atoms with E-state index >= 15 is 0 Å². The van der Waals surface area contributed by atoms with Gasteiger partial charge < -0.3 is 20.2 Å². The van der Waals surface area contributed by atoms with Crippen LogP contribution in [0.2, 0.25) is 0 Å². The van der Waals surface area contributed by atoms with Crippen LogP contribution in [0.15, 0.2) is 62.7 Å². The van der Waals surface area contributed by atoms with Crippen LogP contribution in [0.5, 0.6) is 11.5 Å². The van der Waals surface area contributed by atoms with Crippen molar-refractivity contribution in [2.24, 2.45) is 4.99 Å². The zero-order valence-corrected chi connectivity index (χ0v) is 18.4. The van der Waals surface area contributed by atoms with Crippen LogP contribution in [-0.2, 0) is 0 Å². The normalized spacial score (nSPS) is 11.8. The van der Waals surface area contributed by atoms with Gasteiger partial charge in [0, 0.05) is 17.3 Å². The average molecular weight is 527 g/mol. The van der Waals surface area contributed by atoms with Crippen molar-refractivity contribution in [1.82, 2.24) is 19.9 Å². The minimum absolute atomic E-state index is 0.0667. The van der Waals surface area contributed by atoms with Crippen molar-refractivity contribution >= 4 is 65.8 Å². The third kappa shape index (κ3) is 3.16. The maximum atomic E-state index is 10.2. The highest BCUT2D eigenvalue weighted by molar-refractivity contribution is 9.11. The molecule has 0 aliphatic rings. The van der Waals surface area contributed by atoms with Gasteiger partial charge in [0.1, 0.15) is 21.8 Å². The van der Waals surface area contributed by atoms with Crippen molar-refractivity contribution in [3.63, 3.8) is 0 Å². The van der Waals surface area contributed by atoms with E-state index in [2.05, 4.69) is 56.8 Å². The van der Waals surface area contributed by atoms with Crippen LogP contribution in [0, 0.1) is 0 Å². The summed E-state index contributed by atoms with van der Waals surface area (Å²) in [5.41, 5.74) is 5.52. The van der Waals surface area contributed by atoms with Gasteiger partial charge in [0.2, 0.25) is 0 Å². The quantitative estimate of drug-likeness (QED) is 0.223. The first-order valence-corrected chi connectivity index (χ1v) is 10.5. The lowest BCUT2D eigenvalue weighted by Gasteiger charge is -2.06. The van der Waals surface area contributed by atoms with E-state index in [1.54, 1.807) is 12.4 Å². The van der Waals surface area contributed by atoms with E-state index in [0.717, 1.165) is 33.5 Å². The Bertz CT molecular complexity index is 1460. The Hall–Kier alpha value is -3.17. The van der Waals surface area contributed by atoms with E-state index in [1.807, 2.05) is 36.4 Å². The molecule has 0 saturated heterocycles. The molecule has 0 fully saturated rings. The first-order chi connectivity index (χ1) is 14.5. The molecule has 0 aliphatic heterocycles.